The van der Waals surface area contributed by atoms with Crippen molar-refractivity contribution in [3.63, 3.8) is 0 Å². The van der Waals surface area contributed by atoms with Crippen LogP contribution in [0.2, 0.25) is 0 Å². The molecule has 1 heterocycles. The van der Waals surface area contributed by atoms with Crippen molar-refractivity contribution in [3.8, 4) is 5.75 Å². The number of nitrogens with zero attached hydrogens (tertiary/aromatic N) is 1. The van der Waals surface area contributed by atoms with Crippen LogP contribution in [0.3, 0.4) is 0 Å². The van der Waals surface area contributed by atoms with Gasteiger partial charge in [-0.25, -0.2) is 0 Å². The number of hydrogen-bond acceptors (Lipinski definition) is 3. The average Bonchev–Trinajstić information content (AvgIpc) is 2.27. The second kappa shape index (κ2) is 4.97. The Bertz CT molecular complexity index is 497. The number of benzene rings is 1. The molecule has 0 aliphatic carbocycles. The fourth-order valence-corrected chi connectivity index (χ4v) is 2.18. The van der Waals surface area contributed by atoms with E-state index in [4.69, 9.17) is 9.84 Å². The van der Waals surface area contributed by atoms with Crippen molar-refractivity contribution in [2.75, 3.05) is 20.2 Å². The molecule has 0 spiro atoms. The number of amides is 1. The smallest absolute Gasteiger partial charge is 0.310 e. The van der Waals surface area contributed by atoms with Crippen LogP contribution in [0.1, 0.15) is 10.4 Å². The van der Waals surface area contributed by atoms with Gasteiger partial charge in [0.2, 0.25) is 0 Å². The van der Waals surface area contributed by atoms with Gasteiger partial charge in [-0.1, -0.05) is 0 Å². The van der Waals surface area contributed by atoms with Crippen LogP contribution in [0.25, 0.3) is 0 Å². The Morgan fingerprint density at radius 2 is 2.11 bits per heavy atom. The molecule has 1 saturated heterocycles. The summed E-state index contributed by atoms with van der Waals surface area (Å²) in [4.78, 5) is 24.3. The number of hydrogen-bond donors (Lipinski definition) is 1. The molecule has 1 aliphatic rings. The first-order valence-corrected chi connectivity index (χ1v) is 6.18. The highest BCUT2D eigenvalue weighted by Crippen LogP contribution is 2.26. The van der Waals surface area contributed by atoms with Crippen LogP contribution in [0.4, 0.5) is 0 Å². The molecule has 1 amide bonds. The molecule has 0 bridgehead atoms. The van der Waals surface area contributed by atoms with Crippen LogP contribution in [-0.4, -0.2) is 42.1 Å². The van der Waals surface area contributed by atoms with Crippen molar-refractivity contribution in [2.45, 2.75) is 0 Å². The first-order chi connectivity index (χ1) is 8.52. The molecule has 1 aromatic carbocycles. The van der Waals surface area contributed by atoms with Gasteiger partial charge in [-0.15, -0.1) is 0 Å². The summed E-state index contributed by atoms with van der Waals surface area (Å²) in [7, 11) is 1.53. The monoisotopic (exact) mass is 313 g/mol. The minimum atomic E-state index is -0.858. The van der Waals surface area contributed by atoms with Gasteiger partial charge in [0.05, 0.1) is 18.6 Å². The summed E-state index contributed by atoms with van der Waals surface area (Å²) >= 11 is 3.31. The Morgan fingerprint density at radius 3 is 2.67 bits per heavy atom. The Morgan fingerprint density at radius 1 is 1.44 bits per heavy atom. The van der Waals surface area contributed by atoms with E-state index in [1.165, 1.54) is 12.0 Å². The van der Waals surface area contributed by atoms with E-state index in [2.05, 4.69) is 15.9 Å². The summed E-state index contributed by atoms with van der Waals surface area (Å²) in [5, 5.41) is 8.77. The maximum atomic E-state index is 12.1. The number of likely N-dealkylation sites (tertiary alicyclic amines) is 1. The first kappa shape index (κ1) is 12.9. The molecule has 5 nitrogen and oxygen atoms in total. The second-order valence-electron chi connectivity index (χ2n) is 4.09. The molecule has 0 saturated carbocycles. The minimum absolute atomic E-state index is 0.182. The molecule has 96 valence electrons. The number of carboxylic acids is 1. The molecular formula is C12H12BrNO4. The van der Waals surface area contributed by atoms with Gasteiger partial charge in [0, 0.05) is 17.6 Å². The third-order valence-corrected chi connectivity index (χ3v) is 3.61. The molecule has 1 aliphatic heterocycles. The third kappa shape index (κ3) is 2.33. The SMILES string of the molecule is COc1ccc(Br)c(C(=O)N2CC(C(=O)O)C2)c1. The highest BCUT2D eigenvalue weighted by Gasteiger charge is 2.36. The molecule has 18 heavy (non-hydrogen) atoms. The second-order valence-corrected chi connectivity index (χ2v) is 4.95. The lowest BCUT2D eigenvalue weighted by Gasteiger charge is -2.36. The van der Waals surface area contributed by atoms with Crippen LogP contribution >= 0.6 is 15.9 Å². The largest absolute Gasteiger partial charge is 0.497 e. The molecule has 2 rings (SSSR count). The molecule has 6 heteroatoms. The van der Waals surface area contributed by atoms with Gasteiger partial charge in [-0.3, -0.25) is 9.59 Å². The zero-order chi connectivity index (χ0) is 13.3. The van der Waals surface area contributed by atoms with Crippen molar-refractivity contribution in [2.24, 2.45) is 5.92 Å². The number of rotatable bonds is 3. The lowest BCUT2D eigenvalue weighted by molar-refractivity contribution is -0.146. The molecule has 0 aromatic heterocycles. The summed E-state index contributed by atoms with van der Waals surface area (Å²) in [6.07, 6.45) is 0. The quantitative estimate of drug-likeness (QED) is 0.920. The van der Waals surface area contributed by atoms with Crippen LogP contribution in [-0.2, 0) is 4.79 Å². The summed E-state index contributed by atoms with van der Waals surface area (Å²) < 4.78 is 5.74. The molecule has 1 aromatic rings. The number of carbonyl (C=O) groups is 2. The van der Waals surface area contributed by atoms with Gasteiger partial charge in [-0.05, 0) is 34.1 Å². The van der Waals surface area contributed by atoms with Gasteiger partial charge in [0.1, 0.15) is 5.75 Å². The van der Waals surface area contributed by atoms with Crippen molar-refractivity contribution < 1.29 is 19.4 Å². The zero-order valence-corrected chi connectivity index (χ0v) is 11.3. The Labute approximate surface area is 112 Å². The Hall–Kier alpha value is -1.56. The third-order valence-electron chi connectivity index (χ3n) is 2.92. The summed E-state index contributed by atoms with van der Waals surface area (Å²) in [6.45, 7) is 0.523. The predicted molar refractivity (Wildman–Crippen MR) is 67.7 cm³/mol. The number of carboxylic acid groups (broad SMARTS) is 1. The van der Waals surface area contributed by atoms with Gasteiger partial charge in [0.25, 0.3) is 5.91 Å². The van der Waals surface area contributed by atoms with E-state index in [1.807, 2.05) is 0 Å². The van der Waals surface area contributed by atoms with Crippen molar-refractivity contribution in [1.29, 1.82) is 0 Å². The number of carbonyl (C=O) groups excluding carboxylic acids is 1. The lowest BCUT2D eigenvalue weighted by atomic mass is 9.99. The van der Waals surface area contributed by atoms with E-state index < -0.39 is 11.9 Å². The van der Waals surface area contributed by atoms with Crippen molar-refractivity contribution in [3.05, 3.63) is 28.2 Å². The van der Waals surface area contributed by atoms with Crippen LogP contribution in [0, 0.1) is 5.92 Å². The van der Waals surface area contributed by atoms with Crippen LogP contribution < -0.4 is 4.74 Å². The summed E-state index contributed by atoms with van der Waals surface area (Å²) in [5.74, 6) is -0.891. The number of methoxy groups -OCH3 is 1. The van der Waals surface area contributed by atoms with Crippen molar-refractivity contribution >= 4 is 27.8 Å². The predicted octanol–water partition coefficient (Wildman–Crippen LogP) is 1.61. The minimum Gasteiger partial charge on any atom is -0.497 e. The number of ether oxygens (including phenoxy) is 1. The highest BCUT2D eigenvalue weighted by molar-refractivity contribution is 9.10. The van der Waals surface area contributed by atoms with Gasteiger partial charge in [0.15, 0.2) is 0 Å². The molecule has 1 N–H and O–H groups in total. The van der Waals surface area contributed by atoms with Gasteiger partial charge in [-0.2, -0.15) is 0 Å². The molecule has 1 fully saturated rings. The first-order valence-electron chi connectivity index (χ1n) is 5.38. The van der Waals surface area contributed by atoms with Gasteiger partial charge >= 0.3 is 5.97 Å². The summed E-state index contributed by atoms with van der Waals surface area (Å²) in [5.41, 5.74) is 0.484. The highest BCUT2D eigenvalue weighted by atomic mass is 79.9. The topological polar surface area (TPSA) is 66.8 Å². The fraction of sp³-hybridized carbons (Fsp3) is 0.333. The fourth-order valence-electron chi connectivity index (χ4n) is 1.77. The maximum Gasteiger partial charge on any atom is 0.310 e. The van der Waals surface area contributed by atoms with E-state index in [-0.39, 0.29) is 19.0 Å². The number of halogens is 1. The summed E-state index contributed by atoms with van der Waals surface area (Å²) in [6, 6.07) is 5.12. The average molecular weight is 314 g/mol. The van der Waals surface area contributed by atoms with Crippen molar-refractivity contribution in [1.82, 2.24) is 4.90 Å². The molecular weight excluding hydrogens is 302 g/mol. The number of aliphatic carboxylic acids is 1. The zero-order valence-electron chi connectivity index (χ0n) is 9.72. The van der Waals surface area contributed by atoms with E-state index in [1.54, 1.807) is 18.2 Å². The Balaban J connectivity index is 2.13. The standard InChI is InChI=1S/C12H12BrNO4/c1-18-8-2-3-10(13)9(4-8)11(15)14-5-7(6-14)12(16)17/h2-4,7H,5-6H2,1H3,(H,16,17). The molecule has 0 atom stereocenters. The molecule has 0 radical (unpaired) electrons. The van der Waals surface area contributed by atoms with E-state index in [9.17, 15) is 9.59 Å². The van der Waals surface area contributed by atoms with E-state index >= 15 is 0 Å². The lowest BCUT2D eigenvalue weighted by Crippen LogP contribution is -2.53. The maximum absolute atomic E-state index is 12.1. The van der Waals surface area contributed by atoms with Crippen LogP contribution in [0.15, 0.2) is 22.7 Å². The van der Waals surface area contributed by atoms with E-state index in [0.29, 0.717) is 15.8 Å². The van der Waals surface area contributed by atoms with E-state index in [0.717, 1.165) is 0 Å². The van der Waals surface area contributed by atoms with Crippen LogP contribution in [0.5, 0.6) is 5.75 Å². The molecule has 0 unspecified atom stereocenters. The Kier molecular flexibility index (Phi) is 3.56. The normalized spacial score (nSPS) is 15.1. The van der Waals surface area contributed by atoms with Gasteiger partial charge < -0.3 is 14.7 Å².